The second-order valence-electron chi connectivity index (χ2n) is 5.44. The molecule has 4 nitrogen and oxygen atoms in total. The van der Waals surface area contributed by atoms with Gasteiger partial charge in [0.05, 0.1) is 6.10 Å². The van der Waals surface area contributed by atoms with Crippen LogP contribution in [0.4, 0.5) is 0 Å². The predicted octanol–water partition coefficient (Wildman–Crippen LogP) is 1.10. The van der Waals surface area contributed by atoms with Gasteiger partial charge in [-0.25, -0.2) is 0 Å². The Bertz CT molecular complexity index is 318. The summed E-state index contributed by atoms with van der Waals surface area (Å²) in [5.41, 5.74) is -0.131. The molecule has 4 heteroatoms. The Morgan fingerprint density at radius 3 is 2.50 bits per heavy atom. The Labute approximate surface area is 95.7 Å². The highest BCUT2D eigenvalue weighted by Crippen LogP contribution is 2.54. The number of imide groups is 1. The maximum atomic E-state index is 11.9. The standard InChI is InChI=1S/C12H19NO3/c1-7(2)10-11(15)13-9(14)6-12(10)4-8(5-12)16-3/h7-8,10H,4-6H2,1-3H3,(H,13,14,15). The molecule has 0 aromatic carbocycles. The average Bonchev–Trinajstić information content (AvgIpc) is 2.11. The molecule has 1 saturated heterocycles. The van der Waals surface area contributed by atoms with Gasteiger partial charge >= 0.3 is 0 Å². The lowest BCUT2D eigenvalue weighted by atomic mass is 9.53. The molecule has 2 fully saturated rings. The van der Waals surface area contributed by atoms with Crippen LogP contribution in [-0.2, 0) is 14.3 Å². The molecule has 0 aromatic rings. The lowest BCUT2D eigenvalue weighted by Gasteiger charge is -2.53. The minimum absolute atomic E-state index is 0.0448. The summed E-state index contributed by atoms with van der Waals surface area (Å²) in [5.74, 6) is -0.000220. The molecule has 1 aliphatic carbocycles. The molecule has 2 amide bonds. The number of methoxy groups -OCH3 is 1. The predicted molar refractivity (Wildman–Crippen MR) is 58.6 cm³/mol. The molecule has 0 bridgehead atoms. The van der Waals surface area contributed by atoms with Gasteiger partial charge in [-0.1, -0.05) is 13.8 Å². The van der Waals surface area contributed by atoms with Crippen molar-refractivity contribution < 1.29 is 14.3 Å². The van der Waals surface area contributed by atoms with Crippen LogP contribution >= 0.6 is 0 Å². The summed E-state index contributed by atoms with van der Waals surface area (Å²) in [7, 11) is 1.69. The first-order valence-corrected chi connectivity index (χ1v) is 5.85. The molecule has 90 valence electrons. The maximum absolute atomic E-state index is 11.9. The highest BCUT2D eigenvalue weighted by Gasteiger charge is 2.56. The van der Waals surface area contributed by atoms with Gasteiger partial charge in [0.2, 0.25) is 11.8 Å². The smallest absolute Gasteiger partial charge is 0.230 e. The largest absolute Gasteiger partial charge is 0.381 e. The molecule has 1 unspecified atom stereocenters. The highest BCUT2D eigenvalue weighted by molar-refractivity contribution is 6.00. The number of hydrogen-bond donors (Lipinski definition) is 1. The van der Waals surface area contributed by atoms with E-state index in [0.29, 0.717) is 6.42 Å². The van der Waals surface area contributed by atoms with Gasteiger partial charge in [0.25, 0.3) is 0 Å². The summed E-state index contributed by atoms with van der Waals surface area (Å²) in [5, 5.41) is 2.45. The van der Waals surface area contributed by atoms with Crippen LogP contribution in [0.5, 0.6) is 0 Å². The number of rotatable bonds is 2. The van der Waals surface area contributed by atoms with Gasteiger partial charge in [-0.3, -0.25) is 14.9 Å². The fraction of sp³-hybridized carbons (Fsp3) is 0.833. The topological polar surface area (TPSA) is 55.4 Å². The summed E-state index contributed by atoms with van der Waals surface area (Å²) in [6.45, 7) is 4.09. The Hall–Kier alpha value is -0.900. The summed E-state index contributed by atoms with van der Waals surface area (Å²) < 4.78 is 5.27. The summed E-state index contributed by atoms with van der Waals surface area (Å²) in [6, 6.07) is 0. The van der Waals surface area contributed by atoms with Crippen molar-refractivity contribution in [3.05, 3.63) is 0 Å². The van der Waals surface area contributed by atoms with Crippen LogP contribution in [0.1, 0.15) is 33.1 Å². The number of hydrogen-bond acceptors (Lipinski definition) is 3. The normalized spacial score (nSPS) is 38.8. The van der Waals surface area contributed by atoms with Gasteiger partial charge in [-0.15, -0.1) is 0 Å². The first-order chi connectivity index (χ1) is 7.48. The molecular weight excluding hydrogens is 206 g/mol. The molecule has 16 heavy (non-hydrogen) atoms. The number of carbonyl (C=O) groups excluding carboxylic acids is 2. The van der Waals surface area contributed by atoms with E-state index in [1.54, 1.807) is 7.11 Å². The van der Waals surface area contributed by atoms with E-state index >= 15 is 0 Å². The average molecular weight is 225 g/mol. The zero-order valence-electron chi connectivity index (χ0n) is 10.1. The van der Waals surface area contributed by atoms with Gasteiger partial charge in [-0.2, -0.15) is 0 Å². The zero-order chi connectivity index (χ0) is 11.9. The minimum Gasteiger partial charge on any atom is -0.381 e. The fourth-order valence-electron chi connectivity index (χ4n) is 3.39. The third kappa shape index (κ3) is 1.65. The second-order valence-corrected chi connectivity index (χ2v) is 5.44. The van der Waals surface area contributed by atoms with Crippen LogP contribution in [-0.4, -0.2) is 25.0 Å². The van der Waals surface area contributed by atoms with Crippen LogP contribution < -0.4 is 5.32 Å². The number of amides is 2. The number of piperidine rings is 1. The van der Waals surface area contributed by atoms with E-state index in [1.165, 1.54) is 0 Å². The molecule has 0 radical (unpaired) electrons. The van der Waals surface area contributed by atoms with Crippen LogP contribution in [0.3, 0.4) is 0 Å². The lowest BCUT2D eigenvalue weighted by Crippen LogP contribution is -2.60. The SMILES string of the molecule is COC1CC2(CC(=O)NC(=O)C2C(C)C)C1. The fourth-order valence-corrected chi connectivity index (χ4v) is 3.39. The Morgan fingerprint density at radius 1 is 1.38 bits per heavy atom. The quantitative estimate of drug-likeness (QED) is 0.716. The van der Waals surface area contributed by atoms with Crippen LogP contribution in [0.15, 0.2) is 0 Å². The molecule has 1 saturated carbocycles. The van der Waals surface area contributed by atoms with E-state index in [9.17, 15) is 9.59 Å². The Kier molecular flexibility index (Phi) is 2.78. The van der Waals surface area contributed by atoms with Gasteiger partial charge in [-0.05, 0) is 24.2 Å². The van der Waals surface area contributed by atoms with Crippen molar-refractivity contribution in [2.24, 2.45) is 17.3 Å². The first-order valence-electron chi connectivity index (χ1n) is 5.85. The molecule has 1 spiro atoms. The lowest BCUT2D eigenvalue weighted by molar-refractivity contribution is -0.163. The van der Waals surface area contributed by atoms with Gasteiger partial charge in [0.1, 0.15) is 0 Å². The van der Waals surface area contributed by atoms with E-state index in [2.05, 4.69) is 5.32 Å². The molecule has 1 heterocycles. The Morgan fingerprint density at radius 2 is 2.00 bits per heavy atom. The zero-order valence-corrected chi connectivity index (χ0v) is 10.1. The van der Waals surface area contributed by atoms with E-state index < -0.39 is 0 Å². The maximum Gasteiger partial charge on any atom is 0.230 e. The monoisotopic (exact) mass is 225 g/mol. The molecule has 0 aromatic heterocycles. The van der Waals surface area contributed by atoms with Crippen LogP contribution in [0.2, 0.25) is 0 Å². The van der Waals surface area contributed by atoms with E-state index in [4.69, 9.17) is 4.74 Å². The van der Waals surface area contributed by atoms with Crippen LogP contribution in [0.25, 0.3) is 0 Å². The summed E-state index contributed by atoms with van der Waals surface area (Å²) in [4.78, 5) is 23.3. The second kappa shape index (κ2) is 3.84. The number of ether oxygens (including phenoxy) is 1. The molecule has 2 aliphatic rings. The molecule has 2 rings (SSSR count). The molecular formula is C12H19NO3. The Balaban J connectivity index is 2.20. The summed E-state index contributed by atoms with van der Waals surface area (Å²) >= 11 is 0. The van der Waals surface area contributed by atoms with Gasteiger partial charge in [0.15, 0.2) is 0 Å². The van der Waals surface area contributed by atoms with Crippen molar-refractivity contribution in [1.82, 2.24) is 5.32 Å². The summed E-state index contributed by atoms with van der Waals surface area (Å²) in [6.07, 6.45) is 2.37. The van der Waals surface area contributed by atoms with Crippen molar-refractivity contribution in [2.75, 3.05) is 7.11 Å². The van der Waals surface area contributed by atoms with Crippen molar-refractivity contribution in [3.63, 3.8) is 0 Å². The van der Waals surface area contributed by atoms with E-state index in [0.717, 1.165) is 12.8 Å². The van der Waals surface area contributed by atoms with Crippen molar-refractivity contribution in [3.8, 4) is 0 Å². The van der Waals surface area contributed by atoms with Crippen LogP contribution in [0, 0.1) is 17.3 Å². The first kappa shape index (κ1) is 11.6. The number of carbonyl (C=O) groups is 2. The third-order valence-electron chi connectivity index (χ3n) is 3.99. The van der Waals surface area contributed by atoms with Crippen molar-refractivity contribution in [1.29, 1.82) is 0 Å². The minimum atomic E-state index is -0.131. The van der Waals surface area contributed by atoms with Gasteiger partial charge in [0, 0.05) is 19.4 Å². The van der Waals surface area contributed by atoms with Crippen molar-refractivity contribution in [2.45, 2.75) is 39.2 Å². The van der Waals surface area contributed by atoms with Gasteiger partial charge < -0.3 is 4.74 Å². The van der Waals surface area contributed by atoms with E-state index in [1.807, 2.05) is 13.8 Å². The van der Waals surface area contributed by atoms with E-state index in [-0.39, 0.29) is 35.2 Å². The third-order valence-corrected chi connectivity index (χ3v) is 3.99. The number of nitrogens with one attached hydrogen (secondary N) is 1. The molecule has 1 N–H and O–H groups in total. The molecule has 1 aliphatic heterocycles. The highest BCUT2D eigenvalue weighted by atomic mass is 16.5. The molecule has 1 atom stereocenters. The van der Waals surface area contributed by atoms with Crippen molar-refractivity contribution >= 4 is 11.8 Å².